The van der Waals surface area contributed by atoms with Gasteiger partial charge in [0, 0.05) is 27.2 Å². The first kappa shape index (κ1) is 24.1. The summed E-state index contributed by atoms with van der Waals surface area (Å²) < 4.78 is -1.37. The molecule has 1 saturated carbocycles. The van der Waals surface area contributed by atoms with Crippen LogP contribution in [0.4, 0.5) is 10.5 Å². The van der Waals surface area contributed by atoms with E-state index in [4.69, 9.17) is 58.0 Å². The second-order valence-corrected chi connectivity index (χ2v) is 10.3. The molecule has 4 rings (SSSR count). The van der Waals surface area contributed by atoms with Gasteiger partial charge >= 0.3 is 6.03 Å². The fraction of sp³-hybridized carbons (Fsp3) is 0.238. The summed E-state index contributed by atoms with van der Waals surface area (Å²) in [6.07, 6.45) is 0. The number of benzene rings is 2. The lowest BCUT2D eigenvalue weighted by Gasteiger charge is -2.13. The normalized spacial score (nSPS) is 21.1. The summed E-state index contributed by atoms with van der Waals surface area (Å²) >= 11 is 31.0. The molecule has 1 saturated heterocycles. The number of urea groups is 1. The third-order valence-electron chi connectivity index (χ3n) is 5.35. The summed E-state index contributed by atoms with van der Waals surface area (Å²) in [5.41, 5.74) is 0.931. The van der Waals surface area contributed by atoms with Crippen LogP contribution in [0, 0.1) is 5.92 Å². The molecule has 2 aromatic carbocycles. The van der Waals surface area contributed by atoms with Gasteiger partial charge in [-0.2, -0.15) is 0 Å². The van der Waals surface area contributed by atoms with Gasteiger partial charge in [-0.3, -0.25) is 19.3 Å². The number of nitrogens with one attached hydrogen (secondary N) is 2. The zero-order valence-corrected chi connectivity index (χ0v) is 20.3. The summed E-state index contributed by atoms with van der Waals surface area (Å²) in [4.78, 5) is 49.8. The van der Waals surface area contributed by atoms with Crippen LogP contribution >= 0.6 is 58.0 Å². The summed E-state index contributed by atoms with van der Waals surface area (Å²) in [7, 11) is 0. The first-order chi connectivity index (χ1) is 15.5. The standard InChI is InChI=1S/C21H14Cl5N3O4/c22-10-3-9(4-11(23)5-10)17-18(21(17,25)26)19(32)28-12-1-2-14(24)13(6-12)15(30)8-29-16(31)7-27-20(29)33/h1-6,17-18H,7-8H2,(H,27,33)(H,28,32). The molecule has 2 aromatic rings. The van der Waals surface area contributed by atoms with Crippen molar-refractivity contribution in [3.8, 4) is 0 Å². The van der Waals surface area contributed by atoms with E-state index < -0.39 is 46.3 Å². The van der Waals surface area contributed by atoms with E-state index in [1.165, 1.54) is 18.2 Å². The SMILES string of the molecule is O=C(CN1C(=O)CNC1=O)c1cc(NC(=O)C2C(c3cc(Cl)cc(Cl)c3)C2(Cl)Cl)ccc1Cl. The van der Waals surface area contributed by atoms with E-state index in [2.05, 4.69) is 10.6 Å². The van der Waals surface area contributed by atoms with E-state index in [0.717, 1.165) is 4.90 Å². The molecule has 1 aliphatic carbocycles. The molecule has 172 valence electrons. The summed E-state index contributed by atoms with van der Waals surface area (Å²) in [6, 6.07) is 8.46. The summed E-state index contributed by atoms with van der Waals surface area (Å²) in [6.45, 7) is -0.649. The second kappa shape index (κ2) is 8.96. The van der Waals surface area contributed by atoms with Crippen molar-refractivity contribution in [2.75, 3.05) is 18.4 Å². The van der Waals surface area contributed by atoms with E-state index in [1.807, 2.05) is 0 Å². The van der Waals surface area contributed by atoms with Crippen LogP contribution in [0.2, 0.25) is 15.1 Å². The highest BCUT2D eigenvalue weighted by Gasteiger charge is 2.67. The number of ketones is 1. The number of anilines is 1. The van der Waals surface area contributed by atoms with E-state index in [9.17, 15) is 19.2 Å². The highest BCUT2D eigenvalue weighted by atomic mass is 35.5. The van der Waals surface area contributed by atoms with Crippen LogP contribution in [0.3, 0.4) is 0 Å². The van der Waals surface area contributed by atoms with Crippen molar-refractivity contribution in [2.24, 2.45) is 5.92 Å². The van der Waals surface area contributed by atoms with Crippen LogP contribution in [-0.2, 0) is 9.59 Å². The molecule has 0 radical (unpaired) electrons. The van der Waals surface area contributed by atoms with Crippen LogP contribution in [-0.4, -0.2) is 46.0 Å². The first-order valence-corrected chi connectivity index (χ1v) is 11.4. The molecule has 0 aromatic heterocycles. The second-order valence-electron chi connectivity index (χ2n) is 7.58. The Hall–Kier alpha value is -2.03. The summed E-state index contributed by atoms with van der Waals surface area (Å²) in [5, 5.41) is 5.89. The molecule has 0 bridgehead atoms. The average Bonchev–Trinajstić information content (AvgIpc) is 3.19. The van der Waals surface area contributed by atoms with Gasteiger partial charge < -0.3 is 10.6 Å². The minimum Gasteiger partial charge on any atom is -0.329 e. The molecule has 12 heteroatoms. The van der Waals surface area contributed by atoms with E-state index in [1.54, 1.807) is 18.2 Å². The molecule has 7 nitrogen and oxygen atoms in total. The quantitative estimate of drug-likeness (QED) is 0.304. The number of rotatable bonds is 6. The smallest absolute Gasteiger partial charge is 0.325 e. The lowest BCUT2D eigenvalue weighted by atomic mass is 10.1. The lowest BCUT2D eigenvalue weighted by molar-refractivity contribution is -0.124. The third kappa shape index (κ3) is 4.79. The maximum Gasteiger partial charge on any atom is 0.325 e. The average molecular weight is 550 g/mol. The van der Waals surface area contributed by atoms with E-state index in [-0.39, 0.29) is 22.8 Å². The molecule has 2 N–H and O–H groups in total. The first-order valence-electron chi connectivity index (χ1n) is 9.54. The molecular weight excluding hydrogens is 536 g/mol. The van der Waals surface area contributed by atoms with Gasteiger partial charge in [-0.15, -0.1) is 23.2 Å². The van der Waals surface area contributed by atoms with Crippen LogP contribution in [0.15, 0.2) is 36.4 Å². The van der Waals surface area contributed by atoms with Crippen molar-refractivity contribution in [1.82, 2.24) is 10.2 Å². The number of halogens is 5. The fourth-order valence-corrected chi connectivity index (χ4v) is 5.30. The van der Waals surface area contributed by atoms with Crippen molar-refractivity contribution in [3.05, 3.63) is 62.6 Å². The van der Waals surface area contributed by atoms with Gasteiger partial charge in [-0.1, -0.05) is 34.8 Å². The van der Waals surface area contributed by atoms with Gasteiger partial charge in [0.25, 0.3) is 0 Å². The molecule has 2 atom stereocenters. The summed E-state index contributed by atoms with van der Waals surface area (Å²) in [5.74, 6) is -2.89. The predicted octanol–water partition coefficient (Wildman–Crippen LogP) is 4.91. The van der Waals surface area contributed by atoms with E-state index in [0.29, 0.717) is 15.6 Å². The maximum atomic E-state index is 12.9. The number of hydrogen-bond donors (Lipinski definition) is 2. The number of carbonyl (C=O) groups excluding carboxylic acids is 4. The Morgan fingerprint density at radius 3 is 2.33 bits per heavy atom. The molecule has 2 fully saturated rings. The highest BCUT2D eigenvalue weighted by molar-refractivity contribution is 6.53. The highest BCUT2D eigenvalue weighted by Crippen LogP contribution is 2.65. The monoisotopic (exact) mass is 547 g/mol. The Labute approximate surface area is 213 Å². The Balaban J connectivity index is 1.50. The molecular formula is C21H14Cl5N3O4. The molecule has 1 aliphatic heterocycles. The Morgan fingerprint density at radius 2 is 1.73 bits per heavy atom. The van der Waals surface area contributed by atoms with Crippen LogP contribution < -0.4 is 10.6 Å². The van der Waals surface area contributed by atoms with Crippen molar-refractivity contribution >= 4 is 87.3 Å². The zero-order valence-electron chi connectivity index (χ0n) is 16.5. The van der Waals surface area contributed by atoms with Gasteiger partial charge in [0.1, 0.15) is 4.33 Å². The number of imide groups is 1. The molecule has 2 unspecified atom stereocenters. The lowest BCUT2D eigenvalue weighted by Crippen LogP contribution is -2.35. The largest absolute Gasteiger partial charge is 0.329 e. The number of alkyl halides is 2. The van der Waals surface area contributed by atoms with Crippen LogP contribution in [0.5, 0.6) is 0 Å². The molecule has 4 amide bonds. The van der Waals surface area contributed by atoms with Gasteiger partial charge in [0.2, 0.25) is 11.8 Å². The molecule has 0 spiro atoms. The third-order valence-corrected chi connectivity index (χ3v) is 7.06. The minimum atomic E-state index is -1.37. The maximum absolute atomic E-state index is 12.9. The molecule has 33 heavy (non-hydrogen) atoms. The number of amides is 4. The van der Waals surface area contributed by atoms with Crippen LogP contribution in [0.1, 0.15) is 21.8 Å². The Morgan fingerprint density at radius 1 is 1.06 bits per heavy atom. The number of nitrogens with zero attached hydrogens (tertiary/aromatic N) is 1. The minimum absolute atomic E-state index is 0.0407. The molecule has 1 heterocycles. The van der Waals surface area contributed by atoms with Crippen molar-refractivity contribution < 1.29 is 19.2 Å². The van der Waals surface area contributed by atoms with Gasteiger partial charge in [-0.25, -0.2) is 4.79 Å². The Kier molecular flexibility index (Phi) is 6.55. The molecule has 2 aliphatic rings. The van der Waals surface area contributed by atoms with Gasteiger partial charge in [0.05, 0.1) is 24.0 Å². The van der Waals surface area contributed by atoms with Gasteiger partial charge in [0.15, 0.2) is 5.78 Å². The zero-order chi connectivity index (χ0) is 24.1. The predicted molar refractivity (Wildman–Crippen MR) is 127 cm³/mol. The Bertz CT molecular complexity index is 1170. The van der Waals surface area contributed by atoms with Crippen molar-refractivity contribution in [2.45, 2.75) is 10.3 Å². The number of Topliss-reactive ketones (excluding diaryl/α,β-unsaturated/α-hetero) is 1. The van der Waals surface area contributed by atoms with E-state index >= 15 is 0 Å². The van der Waals surface area contributed by atoms with Crippen LogP contribution in [0.25, 0.3) is 0 Å². The number of carbonyl (C=O) groups is 4. The number of hydrogen-bond acceptors (Lipinski definition) is 4. The topological polar surface area (TPSA) is 95.6 Å². The van der Waals surface area contributed by atoms with Crippen molar-refractivity contribution in [1.29, 1.82) is 0 Å². The fourth-order valence-electron chi connectivity index (χ4n) is 3.70. The van der Waals surface area contributed by atoms with Gasteiger partial charge in [-0.05, 0) is 42.0 Å². The van der Waals surface area contributed by atoms with Crippen molar-refractivity contribution in [3.63, 3.8) is 0 Å².